The van der Waals surface area contributed by atoms with Gasteiger partial charge in [-0.15, -0.1) is 0 Å². The third-order valence-corrected chi connectivity index (χ3v) is 2.17. The summed E-state index contributed by atoms with van der Waals surface area (Å²) in [5.74, 6) is 0. The molecule has 2 N–H and O–H groups in total. The van der Waals surface area contributed by atoms with Crippen LogP contribution in [0.15, 0.2) is 23.8 Å². The van der Waals surface area contributed by atoms with Crippen LogP contribution in [0.5, 0.6) is 0 Å². The topological polar surface area (TPSA) is 32.3 Å². The molecule has 0 aromatic carbocycles. The fourth-order valence-electron chi connectivity index (χ4n) is 1.54. The van der Waals surface area contributed by atoms with Crippen molar-refractivity contribution in [2.45, 2.75) is 20.3 Å². The fourth-order valence-corrected chi connectivity index (χ4v) is 1.54. The van der Waals surface area contributed by atoms with Gasteiger partial charge in [0.2, 0.25) is 0 Å². The van der Waals surface area contributed by atoms with E-state index in [1.54, 1.807) is 0 Å². The van der Waals surface area contributed by atoms with Crippen LogP contribution in [0.25, 0.3) is 0 Å². The molecule has 0 radical (unpaired) electrons. The maximum Gasteiger partial charge on any atom is 0.0556 e. The lowest BCUT2D eigenvalue weighted by atomic mass is 9.83. The third-order valence-electron chi connectivity index (χ3n) is 2.17. The maximum absolute atomic E-state index is 8.60. The molecule has 2 heteroatoms. The molecule has 0 unspecified atom stereocenters. The monoisotopic (exact) mass is 181 g/mol. The van der Waals surface area contributed by atoms with E-state index in [0.29, 0.717) is 12.0 Å². The molecule has 1 rings (SSSR count). The highest BCUT2D eigenvalue weighted by molar-refractivity contribution is 5.27. The smallest absolute Gasteiger partial charge is 0.0556 e. The van der Waals surface area contributed by atoms with Crippen LogP contribution in [-0.4, -0.2) is 24.8 Å². The van der Waals surface area contributed by atoms with Gasteiger partial charge in [-0.1, -0.05) is 32.1 Å². The third kappa shape index (κ3) is 3.75. The molecule has 0 aromatic rings. The molecule has 1 aliphatic rings. The second-order valence-electron chi connectivity index (χ2n) is 4.21. The molecule has 0 aliphatic heterocycles. The van der Waals surface area contributed by atoms with Gasteiger partial charge in [0, 0.05) is 13.1 Å². The molecule has 2 nitrogen and oxygen atoms in total. The average molecular weight is 181 g/mol. The molecule has 0 aromatic heterocycles. The molecule has 0 saturated carbocycles. The van der Waals surface area contributed by atoms with Crippen molar-refractivity contribution in [3.63, 3.8) is 0 Å². The summed E-state index contributed by atoms with van der Waals surface area (Å²) in [6.07, 6.45) is 7.81. The Morgan fingerprint density at radius 3 is 2.92 bits per heavy atom. The predicted octanol–water partition coefficient (Wildman–Crippen LogP) is 1.48. The molecule has 0 amide bonds. The molecule has 1 aliphatic carbocycles. The van der Waals surface area contributed by atoms with Gasteiger partial charge < -0.3 is 10.4 Å². The van der Waals surface area contributed by atoms with Crippen molar-refractivity contribution < 1.29 is 5.11 Å². The van der Waals surface area contributed by atoms with E-state index in [1.165, 1.54) is 5.57 Å². The Bertz CT molecular complexity index is 216. The first kappa shape index (κ1) is 10.5. The van der Waals surface area contributed by atoms with E-state index in [4.69, 9.17) is 5.11 Å². The van der Waals surface area contributed by atoms with Crippen LogP contribution in [0, 0.1) is 5.41 Å². The molecule has 13 heavy (non-hydrogen) atoms. The average Bonchev–Trinajstić information content (AvgIpc) is 2.03. The number of nitrogens with one attached hydrogen (secondary N) is 1. The maximum atomic E-state index is 8.60. The van der Waals surface area contributed by atoms with E-state index in [9.17, 15) is 0 Å². The number of allylic oxidation sites excluding steroid dienone is 2. The number of aliphatic hydroxyl groups excluding tert-OH is 1. The van der Waals surface area contributed by atoms with Gasteiger partial charge in [-0.2, -0.15) is 0 Å². The Morgan fingerprint density at radius 2 is 2.31 bits per heavy atom. The first-order chi connectivity index (χ1) is 6.14. The van der Waals surface area contributed by atoms with Crippen LogP contribution >= 0.6 is 0 Å². The molecule has 0 spiro atoms. The molecule has 74 valence electrons. The lowest BCUT2D eigenvalue weighted by Crippen LogP contribution is -2.22. The van der Waals surface area contributed by atoms with Gasteiger partial charge >= 0.3 is 0 Å². The van der Waals surface area contributed by atoms with Gasteiger partial charge in [0.25, 0.3) is 0 Å². The quantitative estimate of drug-likeness (QED) is 0.644. The predicted molar refractivity (Wildman–Crippen MR) is 55.6 cm³/mol. The molecule has 0 bridgehead atoms. The van der Waals surface area contributed by atoms with Gasteiger partial charge in [0.05, 0.1) is 6.61 Å². The highest BCUT2D eigenvalue weighted by Gasteiger charge is 2.16. The van der Waals surface area contributed by atoms with Crippen LogP contribution in [0.3, 0.4) is 0 Å². The zero-order chi connectivity index (χ0) is 9.73. The van der Waals surface area contributed by atoms with Gasteiger partial charge in [-0.3, -0.25) is 0 Å². The van der Waals surface area contributed by atoms with Gasteiger partial charge in [-0.05, 0) is 17.4 Å². The second-order valence-corrected chi connectivity index (χ2v) is 4.21. The van der Waals surface area contributed by atoms with E-state index in [-0.39, 0.29) is 6.61 Å². The highest BCUT2D eigenvalue weighted by Crippen LogP contribution is 2.28. The van der Waals surface area contributed by atoms with E-state index in [2.05, 4.69) is 37.4 Å². The minimum atomic E-state index is 0.209. The summed E-state index contributed by atoms with van der Waals surface area (Å²) in [6, 6.07) is 0. The van der Waals surface area contributed by atoms with Crippen molar-refractivity contribution in [1.29, 1.82) is 0 Å². The largest absolute Gasteiger partial charge is 0.395 e. The molecule has 0 fully saturated rings. The standard InChI is InChI=1S/C11H19NO/c1-11(2)5-3-4-10(8-11)9-12-6-7-13/h3-4,8,12-13H,5-7,9H2,1-2H3. The zero-order valence-corrected chi connectivity index (χ0v) is 8.51. The first-order valence-electron chi connectivity index (χ1n) is 4.84. The van der Waals surface area contributed by atoms with Gasteiger partial charge in [-0.25, -0.2) is 0 Å². The first-order valence-corrected chi connectivity index (χ1v) is 4.84. The van der Waals surface area contributed by atoms with E-state index in [1.807, 2.05) is 0 Å². The number of hydrogen-bond donors (Lipinski definition) is 2. The van der Waals surface area contributed by atoms with Crippen LogP contribution in [0.1, 0.15) is 20.3 Å². The summed E-state index contributed by atoms with van der Waals surface area (Å²) in [7, 11) is 0. The van der Waals surface area contributed by atoms with Crippen LogP contribution in [0.4, 0.5) is 0 Å². The summed E-state index contributed by atoms with van der Waals surface area (Å²) >= 11 is 0. The van der Waals surface area contributed by atoms with Gasteiger partial charge in [0.15, 0.2) is 0 Å². The normalized spacial score (nSPS) is 20.1. The SMILES string of the molecule is CC1(C)C=C(CNCCO)C=CC1. The van der Waals surface area contributed by atoms with Crippen molar-refractivity contribution in [2.75, 3.05) is 19.7 Å². The summed E-state index contributed by atoms with van der Waals surface area (Å²) in [5, 5.41) is 11.8. The van der Waals surface area contributed by atoms with E-state index in [0.717, 1.165) is 13.0 Å². The van der Waals surface area contributed by atoms with Crippen LogP contribution in [-0.2, 0) is 0 Å². The Morgan fingerprint density at radius 1 is 1.54 bits per heavy atom. The van der Waals surface area contributed by atoms with Crippen molar-refractivity contribution in [2.24, 2.45) is 5.41 Å². The Hall–Kier alpha value is -0.600. The van der Waals surface area contributed by atoms with Crippen molar-refractivity contribution in [3.05, 3.63) is 23.8 Å². The van der Waals surface area contributed by atoms with Crippen molar-refractivity contribution >= 4 is 0 Å². The summed E-state index contributed by atoms with van der Waals surface area (Å²) in [5.41, 5.74) is 1.62. The minimum Gasteiger partial charge on any atom is -0.395 e. The fraction of sp³-hybridized carbons (Fsp3) is 0.636. The second kappa shape index (κ2) is 4.58. The zero-order valence-electron chi connectivity index (χ0n) is 8.51. The molecular weight excluding hydrogens is 162 g/mol. The Labute approximate surface area is 80.3 Å². The van der Waals surface area contributed by atoms with E-state index < -0.39 is 0 Å². The Kier molecular flexibility index (Phi) is 3.70. The minimum absolute atomic E-state index is 0.209. The van der Waals surface area contributed by atoms with E-state index >= 15 is 0 Å². The molecule has 0 saturated heterocycles. The molecular formula is C11H19NO. The van der Waals surface area contributed by atoms with Crippen molar-refractivity contribution in [3.8, 4) is 0 Å². The number of aliphatic hydroxyl groups is 1. The lowest BCUT2D eigenvalue weighted by molar-refractivity contribution is 0.294. The number of hydrogen-bond acceptors (Lipinski definition) is 2. The molecule has 0 atom stereocenters. The highest BCUT2D eigenvalue weighted by atomic mass is 16.3. The Balaban J connectivity index is 2.40. The lowest BCUT2D eigenvalue weighted by Gasteiger charge is -2.23. The number of rotatable bonds is 4. The summed E-state index contributed by atoms with van der Waals surface area (Å²) in [4.78, 5) is 0. The van der Waals surface area contributed by atoms with Gasteiger partial charge in [0.1, 0.15) is 0 Å². The summed E-state index contributed by atoms with van der Waals surface area (Å²) in [6.45, 7) is 6.22. The summed E-state index contributed by atoms with van der Waals surface area (Å²) < 4.78 is 0. The van der Waals surface area contributed by atoms with Crippen LogP contribution < -0.4 is 5.32 Å². The molecule has 0 heterocycles. The van der Waals surface area contributed by atoms with Crippen LogP contribution in [0.2, 0.25) is 0 Å². The van der Waals surface area contributed by atoms with Crippen molar-refractivity contribution in [1.82, 2.24) is 5.32 Å².